The van der Waals surface area contributed by atoms with E-state index < -0.39 is 0 Å². The van der Waals surface area contributed by atoms with Crippen molar-refractivity contribution in [3.8, 4) is 0 Å². The summed E-state index contributed by atoms with van der Waals surface area (Å²) in [6.07, 6.45) is 2.19. The number of nitrogens with zero attached hydrogens (tertiary/aromatic N) is 1. The number of ether oxygens (including phenoxy) is 1. The summed E-state index contributed by atoms with van der Waals surface area (Å²) in [7, 11) is 0. The van der Waals surface area contributed by atoms with E-state index >= 15 is 0 Å². The van der Waals surface area contributed by atoms with E-state index in [-0.39, 0.29) is 36.8 Å². The van der Waals surface area contributed by atoms with Gasteiger partial charge in [0.25, 0.3) is 0 Å². The average Bonchev–Trinajstić information content (AvgIpc) is 2.39. The van der Waals surface area contributed by atoms with Gasteiger partial charge >= 0.3 is 0 Å². The quantitative estimate of drug-likeness (QED) is 0.875. The average molecular weight is 322 g/mol. The van der Waals surface area contributed by atoms with Crippen molar-refractivity contribution >= 4 is 30.7 Å². The third kappa shape index (κ3) is 6.52. The first-order valence-electron chi connectivity index (χ1n) is 6.24. The SMILES string of the molecule is Cc1ccc(CNC(=O)CC2CNCCO2)cn1.Cl.Cl. The summed E-state index contributed by atoms with van der Waals surface area (Å²) in [5.74, 6) is 0.0178. The number of halogens is 2. The topological polar surface area (TPSA) is 63.2 Å². The summed E-state index contributed by atoms with van der Waals surface area (Å²) in [5, 5.41) is 6.08. The molecule has 7 heteroatoms. The molecule has 0 radical (unpaired) electrons. The lowest BCUT2D eigenvalue weighted by Crippen LogP contribution is -2.41. The number of morpholine rings is 1. The maximum atomic E-state index is 11.7. The second kappa shape index (κ2) is 9.94. The third-order valence-corrected chi connectivity index (χ3v) is 2.88. The van der Waals surface area contributed by atoms with Gasteiger partial charge in [-0.05, 0) is 18.6 Å². The molecule has 114 valence electrons. The van der Waals surface area contributed by atoms with Crippen molar-refractivity contribution in [2.24, 2.45) is 0 Å². The van der Waals surface area contributed by atoms with Crippen molar-refractivity contribution in [3.63, 3.8) is 0 Å². The molecule has 0 aromatic carbocycles. The molecular weight excluding hydrogens is 301 g/mol. The zero-order valence-corrected chi connectivity index (χ0v) is 13.1. The Morgan fingerprint density at radius 2 is 2.30 bits per heavy atom. The lowest BCUT2D eigenvalue weighted by atomic mass is 10.2. The first-order chi connectivity index (χ1) is 8.74. The van der Waals surface area contributed by atoms with Gasteiger partial charge in [-0.2, -0.15) is 0 Å². The summed E-state index contributed by atoms with van der Waals surface area (Å²) < 4.78 is 5.48. The van der Waals surface area contributed by atoms with Crippen molar-refractivity contribution in [1.29, 1.82) is 0 Å². The van der Waals surface area contributed by atoms with Crippen LogP contribution in [0.5, 0.6) is 0 Å². The van der Waals surface area contributed by atoms with Crippen LogP contribution in [0.25, 0.3) is 0 Å². The highest BCUT2D eigenvalue weighted by molar-refractivity contribution is 5.85. The minimum atomic E-state index is -0.00473. The lowest BCUT2D eigenvalue weighted by Gasteiger charge is -2.23. The van der Waals surface area contributed by atoms with Gasteiger partial charge in [0.05, 0.1) is 19.1 Å². The summed E-state index contributed by atoms with van der Waals surface area (Å²) in [4.78, 5) is 15.9. The molecule has 20 heavy (non-hydrogen) atoms. The molecule has 1 aliphatic rings. The van der Waals surface area contributed by atoms with E-state index in [1.807, 2.05) is 19.1 Å². The fraction of sp³-hybridized carbons (Fsp3) is 0.538. The smallest absolute Gasteiger partial charge is 0.222 e. The highest BCUT2D eigenvalue weighted by atomic mass is 35.5. The normalized spacial score (nSPS) is 17.6. The van der Waals surface area contributed by atoms with Crippen LogP contribution >= 0.6 is 24.8 Å². The number of carbonyl (C=O) groups is 1. The summed E-state index contributed by atoms with van der Waals surface area (Å²) in [6, 6.07) is 3.91. The molecule has 5 nitrogen and oxygen atoms in total. The molecule has 2 rings (SSSR count). The van der Waals surface area contributed by atoms with Crippen molar-refractivity contribution < 1.29 is 9.53 Å². The number of amides is 1. The molecule has 2 N–H and O–H groups in total. The number of nitrogens with one attached hydrogen (secondary N) is 2. The first-order valence-corrected chi connectivity index (χ1v) is 6.24. The van der Waals surface area contributed by atoms with Crippen LogP contribution in [0.4, 0.5) is 0 Å². The Hall–Kier alpha value is -0.880. The number of hydrogen-bond acceptors (Lipinski definition) is 4. The van der Waals surface area contributed by atoms with Gasteiger partial charge in [-0.3, -0.25) is 9.78 Å². The molecule has 0 aliphatic carbocycles. The molecule has 1 unspecified atom stereocenters. The van der Waals surface area contributed by atoms with Gasteiger partial charge in [-0.1, -0.05) is 6.07 Å². The second-order valence-electron chi connectivity index (χ2n) is 4.49. The molecule has 1 aliphatic heterocycles. The zero-order valence-electron chi connectivity index (χ0n) is 11.4. The van der Waals surface area contributed by atoms with Crippen molar-refractivity contribution in [3.05, 3.63) is 29.6 Å². The number of pyridine rings is 1. The maximum Gasteiger partial charge on any atom is 0.222 e. The minimum Gasteiger partial charge on any atom is -0.375 e. The highest BCUT2D eigenvalue weighted by Crippen LogP contribution is 2.02. The first kappa shape index (κ1) is 19.1. The molecule has 1 amide bonds. The van der Waals surface area contributed by atoms with Gasteiger partial charge in [-0.25, -0.2) is 0 Å². The van der Waals surface area contributed by atoms with Crippen LogP contribution in [-0.2, 0) is 16.1 Å². The van der Waals surface area contributed by atoms with Crippen molar-refractivity contribution in [2.75, 3.05) is 19.7 Å². The van der Waals surface area contributed by atoms with Crippen LogP contribution in [0.3, 0.4) is 0 Å². The van der Waals surface area contributed by atoms with Crippen LogP contribution in [0.2, 0.25) is 0 Å². The van der Waals surface area contributed by atoms with Gasteiger partial charge in [0.2, 0.25) is 5.91 Å². The summed E-state index contributed by atoms with van der Waals surface area (Å²) >= 11 is 0. The van der Waals surface area contributed by atoms with Crippen LogP contribution in [-0.4, -0.2) is 36.7 Å². The van der Waals surface area contributed by atoms with Gasteiger partial charge in [0.1, 0.15) is 0 Å². The molecule has 0 saturated carbocycles. The number of rotatable bonds is 4. The van der Waals surface area contributed by atoms with Crippen LogP contribution in [0.15, 0.2) is 18.3 Å². The fourth-order valence-corrected chi connectivity index (χ4v) is 1.83. The Labute approximate surface area is 131 Å². The zero-order chi connectivity index (χ0) is 12.8. The van der Waals surface area contributed by atoms with Crippen molar-refractivity contribution in [2.45, 2.75) is 26.0 Å². The Bertz CT molecular complexity index is 395. The number of hydrogen-bond donors (Lipinski definition) is 2. The van der Waals surface area contributed by atoms with E-state index in [1.165, 1.54) is 0 Å². The second-order valence-corrected chi connectivity index (χ2v) is 4.49. The maximum absolute atomic E-state index is 11.7. The monoisotopic (exact) mass is 321 g/mol. The van der Waals surface area contributed by atoms with Gasteiger partial charge in [0, 0.05) is 31.5 Å². The van der Waals surface area contributed by atoms with Gasteiger partial charge in [-0.15, -0.1) is 24.8 Å². The Kier molecular flexibility index (Phi) is 9.50. The van der Waals surface area contributed by atoms with Crippen LogP contribution in [0.1, 0.15) is 17.7 Å². The molecule has 1 aromatic rings. The highest BCUT2D eigenvalue weighted by Gasteiger charge is 2.16. The standard InChI is InChI=1S/C13H19N3O2.2ClH/c1-10-2-3-11(7-15-10)8-16-13(17)6-12-9-14-4-5-18-12;;/h2-3,7,12,14H,4-6,8-9H2,1H3,(H,16,17);2*1H. The van der Waals surface area contributed by atoms with E-state index in [1.54, 1.807) is 6.20 Å². The summed E-state index contributed by atoms with van der Waals surface area (Å²) in [6.45, 7) is 4.76. The molecule has 1 aromatic heterocycles. The third-order valence-electron chi connectivity index (χ3n) is 2.88. The van der Waals surface area contributed by atoms with Gasteiger partial charge < -0.3 is 15.4 Å². The molecular formula is C13H21Cl2N3O2. The molecule has 0 spiro atoms. The predicted octanol–water partition coefficient (Wildman–Crippen LogP) is 1.23. The fourth-order valence-electron chi connectivity index (χ4n) is 1.83. The summed E-state index contributed by atoms with van der Waals surface area (Å²) in [5.41, 5.74) is 1.99. The Balaban J connectivity index is 0.00000180. The minimum absolute atomic E-state index is 0. The Morgan fingerprint density at radius 3 is 2.90 bits per heavy atom. The molecule has 1 saturated heterocycles. The molecule has 1 atom stereocenters. The van der Waals surface area contributed by atoms with E-state index in [0.29, 0.717) is 19.6 Å². The van der Waals surface area contributed by atoms with Crippen LogP contribution in [0, 0.1) is 6.92 Å². The molecule has 2 heterocycles. The number of carbonyl (C=O) groups excluding carboxylic acids is 1. The van der Waals surface area contributed by atoms with E-state index in [4.69, 9.17) is 4.74 Å². The molecule has 0 bridgehead atoms. The van der Waals surface area contributed by atoms with Gasteiger partial charge in [0.15, 0.2) is 0 Å². The lowest BCUT2D eigenvalue weighted by molar-refractivity contribution is -0.124. The van der Waals surface area contributed by atoms with Crippen molar-refractivity contribution in [1.82, 2.24) is 15.6 Å². The largest absolute Gasteiger partial charge is 0.375 e. The molecule has 1 fully saturated rings. The van der Waals surface area contributed by atoms with E-state index in [0.717, 1.165) is 24.3 Å². The van der Waals surface area contributed by atoms with Crippen LogP contribution < -0.4 is 10.6 Å². The number of aromatic nitrogens is 1. The van der Waals surface area contributed by atoms with E-state index in [9.17, 15) is 4.79 Å². The Morgan fingerprint density at radius 1 is 1.50 bits per heavy atom. The van der Waals surface area contributed by atoms with E-state index in [2.05, 4.69) is 15.6 Å². The number of aryl methyl sites for hydroxylation is 1. The predicted molar refractivity (Wildman–Crippen MR) is 82.5 cm³/mol.